The molecule has 19 heavy (non-hydrogen) atoms. The quantitative estimate of drug-likeness (QED) is 0.855. The fraction of sp³-hybridized carbons (Fsp3) is 0.400. The lowest BCUT2D eigenvalue weighted by Gasteiger charge is -2.29. The number of benzene rings is 1. The van der Waals surface area contributed by atoms with Crippen molar-refractivity contribution >= 4 is 10.8 Å². The number of aromatic amines is 1. The molecule has 2 aromatic rings. The summed E-state index contributed by atoms with van der Waals surface area (Å²) < 4.78 is 13.8. The number of fused-ring (bicyclic) bond motifs is 1. The SMILES string of the molecule is CN1CCC(c2c[nH]c(=O)c3c(F)cccc23)CC1. The second-order valence-corrected chi connectivity index (χ2v) is 5.31. The van der Waals surface area contributed by atoms with Gasteiger partial charge in [-0.2, -0.15) is 0 Å². The third kappa shape index (κ3) is 2.16. The van der Waals surface area contributed by atoms with Crippen LogP contribution >= 0.6 is 0 Å². The third-order valence-electron chi connectivity index (χ3n) is 4.07. The monoisotopic (exact) mass is 260 g/mol. The van der Waals surface area contributed by atoms with Crippen molar-refractivity contribution in [2.75, 3.05) is 20.1 Å². The third-order valence-corrected chi connectivity index (χ3v) is 4.07. The molecule has 1 saturated heterocycles. The van der Waals surface area contributed by atoms with E-state index in [1.165, 1.54) is 6.07 Å². The molecule has 0 amide bonds. The van der Waals surface area contributed by atoms with Crippen molar-refractivity contribution < 1.29 is 4.39 Å². The standard InChI is InChI=1S/C15H17FN2O/c1-18-7-5-10(6-8-18)12-9-17-15(19)14-11(12)3-2-4-13(14)16/h2-4,9-10H,5-8H2,1H3,(H,17,19). The first-order valence-corrected chi connectivity index (χ1v) is 6.65. The Morgan fingerprint density at radius 3 is 2.79 bits per heavy atom. The highest BCUT2D eigenvalue weighted by Gasteiger charge is 2.21. The zero-order valence-corrected chi connectivity index (χ0v) is 10.9. The highest BCUT2D eigenvalue weighted by molar-refractivity contribution is 5.85. The zero-order chi connectivity index (χ0) is 13.4. The summed E-state index contributed by atoms with van der Waals surface area (Å²) in [4.78, 5) is 16.8. The van der Waals surface area contributed by atoms with E-state index in [2.05, 4.69) is 16.9 Å². The van der Waals surface area contributed by atoms with E-state index in [1.807, 2.05) is 6.07 Å². The summed E-state index contributed by atoms with van der Waals surface area (Å²) in [7, 11) is 2.11. The first kappa shape index (κ1) is 12.4. The molecule has 100 valence electrons. The number of nitrogens with zero attached hydrogens (tertiary/aromatic N) is 1. The molecule has 0 radical (unpaired) electrons. The molecule has 0 saturated carbocycles. The molecule has 0 bridgehead atoms. The molecule has 3 nitrogen and oxygen atoms in total. The number of H-pyrrole nitrogens is 1. The summed E-state index contributed by atoms with van der Waals surface area (Å²) in [6.45, 7) is 2.08. The van der Waals surface area contributed by atoms with E-state index in [-0.39, 0.29) is 10.9 Å². The van der Waals surface area contributed by atoms with E-state index in [0.29, 0.717) is 5.92 Å². The van der Waals surface area contributed by atoms with Crippen LogP contribution in [0, 0.1) is 5.82 Å². The first-order chi connectivity index (χ1) is 9.16. The molecule has 1 aliphatic rings. The van der Waals surface area contributed by atoms with E-state index in [0.717, 1.165) is 36.9 Å². The highest BCUT2D eigenvalue weighted by Crippen LogP contribution is 2.31. The average molecular weight is 260 g/mol. The highest BCUT2D eigenvalue weighted by atomic mass is 19.1. The van der Waals surface area contributed by atoms with Crippen LogP contribution in [0.15, 0.2) is 29.2 Å². The Hall–Kier alpha value is -1.68. The normalized spacial score (nSPS) is 18.0. The molecule has 0 unspecified atom stereocenters. The molecule has 0 atom stereocenters. The van der Waals surface area contributed by atoms with Crippen molar-refractivity contribution in [1.82, 2.24) is 9.88 Å². The molecular formula is C15H17FN2O. The fourth-order valence-electron chi connectivity index (χ4n) is 2.95. The van der Waals surface area contributed by atoms with Gasteiger partial charge >= 0.3 is 0 Å². The maximum Gasteiger partial charge on any atom is 0.258 e. The molecule has 4 heteroatoms. The van der Waals surface area contributed by atoms with E-state index in [1.54, 1.807) is 12.3 Å². The molecule has 1 fully saturated rings. The van der Waals surface area contributed by atoms with Gasteiger partial charge in [-0.05, 0) is 55.9 Å². The summed E-state index contributed by atoms with van der Waals surface area (Å²) in [5.74, 6) is -0.0362. The summed E-state index contributed by atoms with van der Waals surface area (Å²) in [5.41, 5.74) is 0.729. The summed E-state index contributed by atoms with van der Waals surface area (Å²) in [5, 5.41) is 0.956. The molecule has 1 aromatic heterocycles. The lowest BCUT2D eigenvalue weighted by molar-refractivity contribution is 0.256. The van der Waals surface area contributed by atoms with Gasteiger partial charge in [0.25, 0.3) is 5.56 Å². The Morgan fingerprint density at radius 1 is 1.32 bits per heavy atom. The van der Waals surface area contributed by atoms with Crippen molar-refractivity contribution in [1.29, 1.82) is 0 Å². The Balaban J connectivity index is 2.12. The molecule has 1 aliphatic heterocycles. The second kappa shape index (κ2) is 4.78. The van der Waals surface area contributed by atoms with E-state index < -0.39 is 5.82 Å². The predicted octanol–water partition coefficient (Wildman–Crippen LogP) is 2.48. The number of nitrogens with one attached hydrogen (secondary N) is 1. The molecule has 0 spiro atoms. The first-order valence-electron chi connectivity index (χ1n) is 6.65. The molecule has 0 aliphatic carbocycles. The Kier molecular flexibility index (Phi) is 3.11. The Labute approximate surface area is 111 Å². The van der Waals surface area contributed by atoms with E-state index in [9.17, 15) is 9.18 Å². The lowest BCUT2D eigenvalue weighted by atomic mass is 9.88. The molecule has 1 N–H and O–H groups in total. The fourth-order valence-corrected chi connectivity index (χ4v) is 2.95. The number of hydrogen-bond donors (Lipinski definition) is 1. The van der Waals surface area contributed by atoms with E-state index >= 15 is 0 Å². The molecular weight excluding hydrogens is 243 g/mol. The van der Waals surface area contributed by atoms with Gasteiger partial charge in [0.2, 0.25) is 0 Å². The topological polar surface area (TPSA) is 36.1 Å². The number of piperidine rings is 1. The molecule has 1 aromatic carbocycles. The zero-order valence-electron chi connectivity index (χ0n) is 10.9. The molecule has 2 heterocycles. The molecule has 3 rings (SSSR count). The second-order valence-electron chi connectivity index (χ2n) is 5.31. The largest absolute Gasteiger partial charge is 0.328 e. The minimum Gasteiger partial charge on any atom is -0.328 e. The van der Waals surface area contributed by atoms with Crippen molar-refractivity contribution in [3.63, 3.8) is 0 Å². The van der Waals surface area contributed by atoms with Crippen molar-refractivity contribution in [2.24, 2.45) is 0 Å². The minimum atomic E-state index is -0.437. The smallest absolute Gasteiger partial charge is 0.258 e. The Morgan fingerprint density at radius 2 is 2.05 bits per heavy atom. The van der Waals surface area contributed by atoms with Gasteiger partial charge < -0.3 is 9.88 Å². The van der Waals surface area contributed by atoms with Crippen molar-refractivity contribution in [2.45, 2.75) is 18.8 Å². The van der Waals surface area contributed by atoms with Gasteiger partial charge in [0, 0.05) is 6.20 Å². The van der Waals surface area contributed by atoms with E-state index in [4.69, 9.17) is 0 Å². The predicted molar refractivity (Wildman–Crippen MR) is 74.0 cm³/mol. The van der Waals surface area contributed by atoms with Gasteiger partial charge in [-0.1, -0.05) is 12.1 Å². The van der Waals surface area contributed by atoms with Crippen LogP contribution in [0.25, 0.3) is 10.8 Å². The number of aromatic nitrogens is 1. The number of rotatable bonds is 1. The van der Waals surface area contributed by atoms with Crippen LogP contribution in [-0.4, -0.2) is 30.0 Å². The minimum absolute atomic E-state index is 0.193. The maximum atomic E-state index is 13.8. The summed E-state index contributed by atoms with van der Waals surface area (Å²) in [6.07, 6.45) is 3.86. The number of halogens is 1. The van der Waals surface area contributed by atoms with Crippen LogP contribution in [0.4, 0.5) is 4.39 Å². The van der Waals surface area contributed by atoms with Gasteiger partial charge in [0.1, 0.15) is 5.82 Å². The van der Waals surface area contributed by atoms with Crippen molar-refractivity contribution in [3.05, 3.63) is 46.1 Å². The van der Waals surface area contributed by atoms with Gasteiger partial charge in [-0.3, -0.25) is 4.79 Å². The maximum absolute atomic E-state index is 13.8. The summed E-state index contributed by atoms with van der Waals surface area (Å²) >= 11 is 0. The lowest BCUT2D eigenvalue weighted by Crippen LogP contribution is -2.29. The van der Waals surface area contributed by atoms with Crippen LogP contribution in [0.1, 0.15) is 24.3 Å². The van der Waals surface area contributed by atoms with Gasteiger partial charge in [0.15, 0.2) is 0 Å². The van der Waals surface area contributed by atoms with Crippen LogP contribution in [0.2, 0.25) is 0 Å². The van der Waals surface area contributed by atoms with Gasteiger partial charge in [-0.15, -0.1) is 0 Å². The van der Waals surface area contributed by atoms with Crippen LogP contribution in [-0.2, 0) is 0 Å². The summed E-state index contributed by atoms with van der Waals surface area (Å²) in [6, 6.07) is 4.87. The van der Waals surface area contributed by atoms with Crippen LogP contribution in [0.5, 0.6) is 0 Å². The van der Waals surface area contributed by atoms with Crippen LogP contribution in [0.3, 0.4) is 0 Å². The van der Waals surface area contributed by atoms with Gasteiger partial charge in [0.05, 0.1) is 5.39 Å². The van der Waals surface area contributed by atoms with Crippen molar-refractivity contribution in [3.8, 4) is 0 Å². The number of likely N-dealkylation sites (tertiary alicyclic amines) is 1. The van der Waals surface area contributed by atoms with Crippen LogP contribution < -0.4 is 5.56 Å². The number of pyridine rings is 1. The average Bonchev–Trinajstić information content (AvgIpc) is 2.41. The van der Waals surface area contributed by atoms with Gasteiger partial charge in [-0.25, -0.2) is 4.39 Å². The number of hydrogen-bond acceptors (Lipinski definition) is 2. The Bertz CT molecular complexity index is 657.